The van der Waals surface area contributed by atoms with Gasteiger partial charge in [0.1, 0.15) is 11.6 Å². The van der Waals surface area contributed by atoms with Gasteiger partial charge in [0, 0.05) is 24.4 Å². The fraction of sp³-hybridized carbons (Fsp3) is 0.267. The van der Waals surface area contributed by atoms with Crippen molar-refractivity contribution in [1.82, 2.24) is 9.97 Å². The monoisotopic (exact) mass is 286 g/mol. The Morgan fingerprint density at radius 1 is 1.29 bits per heavy atom. The summed E-state index contributed by atoms with van der Waals surface area (Å²) in [5, 5.41) is 11.9. The van der Waals surface area contributed by atoms with E-state index in [0.29, 0.717) is 18.2 Å². The van der Waals surface area contributed by atoms with Crippen LogP contribution in [0, 0.1) is 0 Å². The van der Waals surface area contributed by atoms with Crippen molar-refractivity contribution in [3.63, 3.8) is 0 Å². The summed E-state index contributed by atoms with van der Waals surface area (Å²) < 4.78 is 0. The van der Waals surface area contributed by atoms with Crippen LogP contribution in [0.1, 0.15) is 29.8 Å². The van der Waals surface area contributed by atoms with Crippen LogP contribution in [0.15, 0.2) is 36.7 Å². The molecule has 0 saturated carbocycles. The molecule has 6 nitrogen and oxygen atoms in total. The first kappa shape index (κ1) is 14.9. The minimum Gasteiger partial charge on any atom is -0.478 e. The Kier molecular flexibility index (Phi) is 4.18. The smallest absolute Gasteiger partial charge is 0.335 e. The summed E-state index contributed by atoms with van der Waals surface area (Å²) in [4.78, 5) is 19.3. The molecule has 0 amide bonds. The average molecular weight is 286 g/mol. The molecule has 110 valence electrons. The van der Waals surface area contributed by atoms with Crippen LogP contribution in [-0.2, 0) is 5.41 Å². The van der Waals surface area contributed by atoms with Gasteiger partial charge in [-0.2, -0.15) is 0 Å². The van der Waals surface area contributed by atoms with Crippen molar-refractivity contribution in [2.24, 2.45) is 5.73 Å². The molecule has 2 aromatic heterocycles. The maximum Gasteiger partial charge on any atom is 0.335 e. The minimum atomic E-state index is -0.992. The number of hydrogen-bond acceptors (Lipinski definition) is 5. The van der Waals surface area contributed by atoms with E-state index >= 15 is 0 Å². The van der Waals surface area contributed by atoms with Crippen LogP contribution in [0.3, 0.4) is 0 Å². The summed E-state index contributed by atoms with van der Waals surface area (Å²) in [6.45, 7) is 4.63. The van der Waals surface area contributed by atoms with E-state index in [-0.39, 0.29) is 11.0 Å². The van der Waals surface area contributed by atoms with Gasteiger partial charge >= 0.3 is 5.97 Å². The molecule has 0 fully saturated rings. The third kappa shape index (κ3) is 3.55. The normalized spacial score (nSPS) is 11.2. The predicted molar refractivity (Wildman–Crippen MR) is 80.8 cm³/mol. The fourth-order valence-electron chi connectivity index (χ4n) is 1.75. The SMILES string of the molecule is CC(C)(CN)c1ccc(Nc2cc(C(=O)O)ccn2)nc1. The van der Waals surface area contributed by atoms with Gasteiger partial charge in [0.15, 0.2) is 0 Å². The highest BCUT2D eigenvalue weighted by Crippen LogP contribution is 2.22. The van der Waals surface area contributed by atoms with E-state index in [1.807, 2.05) is 12.1 Å². The van der Waals surface area contributed by atoms with Crippen LogP contribution in [-0.4, -0.2) is 27.6 Å². The Balaban J connectivity index is 2.17. The Morgan fingerprint density at radius 2 is 2.05 bits per heavy atom. The molecule has 0 radical (unpaired) electrons. The van der Waals surface area contributed by atoms with Gasteiger partial charge in [0.25, 0.3) is 0 Å². The van der Waals surface area contributed by atoms with Crippen molar-refractivity contribution in [2.75, 3.05) is 11.9 Å². The first-order valence-corrected chi connectivity index (χ1v) is 6.55. The molecule has 0 atom stereocenters. The van der Waals surface area contributed by atoms with Gasteiger partial charge in [-0.3, -0.25) is 0 Å². The number of anilines is 2. The number of pyridine rings is 2. The molecule has 0 aliphatic heterocycles. The Bertz CT molecular complexity index is 638. The second kappa shape index (κ2) is 5.88. The van der Waals surface area contributed by atoms with Crippen molar-refractivity contribution in [3.05, 3.63) is 47.8 Å². The van der Waals surface area contributed by atoms with E-state index in [2.05, 4.69) is 29.1 Å². The zero-order chi connectivity index (χ0) is 15.5. The Hall–Kier alpha value is -2.47. The number of nitrogens with zero attached hydrogens (tertiary/aromatic N) is 2. The molecule has 2 aromatic rings. The van der Waals surface area contributed by atoms with Gasteiger partial charge < -0.3 is 16.2 Å². The number of aromatic carboxylic acids is 1. The first-order chi connectivity index (χ1) is 9.92. The van der Waals surface area contributed by atoms with Crippen LogP contribution in [0.5, 0.6) is 0 Å². The molecule has 0 bridgehead atoms. The summed E-state index contributed by atoms with van der Waals surface area (Å²) in [6.07, 6.45) is 3.20. The van der Waals surface area contributed by atoms with Crippen molar-refractivity contribution < 1.29 is 9.90 Å². The summed E-state index contributed by atoms with van der Waals surface area (Å²) in [7, 11) is 0. The molecular weight excluding hydrogens is 268 g/mol. The molecule has 0 aliphatic rings. The lowest BCUT2D eigenvalue weighted by atomic mass is 9.86. The lowest BCUT2D eigenvalue weighted by Gasteiger charge is -2.22. The number of hydrogen-bond donors (Lipinski definition) is 3. The molecule has 0 spiro atoms. The maximum atomic E-state index is 10.9. The van der Waals surface area contributed by atoms with E-state index in [4.69, 9.17) is 10.8 Å². The molecular formula is C15H18N4O2. The minimum absolute atomic E-state index is 0.132. The Labute approximate surface area is 123 Å². The van der Waals surface area contributed by atoms with Gasteiger partial charge in [-0.25, -0.2) is 14.8 Å². The zero-order valence-electron chi connectivity index (χ0n) is 12.0. The molecule has 6 heteroatoms. The number of carbonyl (C=O) groups is 1. The number of rotatable bonds is 5. The molecule has 21 heavy (non-hydrogen) atoms. The van der Waals surface area contributed by atoms with E-state index in [1.165, 1.54) is 18.3 Å². The van der Waals surface area contributed by atoms with Gasteiger partial charge in [0.05, 0.1) is 5.56 Å². The molecule has 0 aromatic carbocycles. The number of aromatic nitrogens is 2. The second-order valence-corrected chi connectivity index (χ2v) is 5.38. The third-order valence-corrected chi connectivity index (χ3v) is 3.32. The lowest BCUT2D eigenvalue weighted by molar-refractivity contribution is 0.0697. The van der Waals surface area contributed by atoms with Crippen molar-refractivity contribution in [3.8, 4) is 0 Å². The van der Waals surface area contributed by atoms with Crippen LogP contribution in [0.25, 0.3) is 0 Å². The molecule has 0 unspecified atom stereocenters. The van der Waals surface area contributed by atoms with Crippen LogP contribution >= 0.6 is 0 Å². The van der Waals surface area contributed by atoms with E-state index in [0.717, 1.165) is 5.56 Å². The first-order valence-electron chi connectivity index (χ1n) is 6.55. The average Bonchev–Trinajstić information content (AvgIpc) is 2.48. The van der Waals surface area contributed by atoms with Gasteiger partial charge in [-0.15, -0.1) is 0 Å². The highest BCUT2D eigenvalue weighted by atomic mass is 16.4. The molecule has 0 aliphatic carbocycles. The predicted octanol–water partition coefficient (Wildman–Crippen LogP) is 2.15. The lowest BCUT2D eigenvalue weighted by Crippen LogP contribution is -2.28. The van der Waals surface area contributed by atoms with Crippen LogP contribution in [0.2, 0.25) is 0 Å². The van der Waals surface area contributed by atoms with E-state index < -0.39 is 5.97 Å². The quantitative estimate of drug-likeness (QED) is 0.778. The number of carboxylic acids is 1. The highest BCUT2D eigenvalue weighted by molar-refractivity contribution is 5.88. The van der Waals surface area contributed by atoms with Crippen molar-refractivity contribution in [2.45, 2.75) is 19.3 Å². The highest BCUT2D eigenvalue weighted by Gasteiger charge is 2.18. The largest absolute Gasteiger partial charge is 0.478 e. The maximum absolute atomic E-state index is 10.9. The van der Waals surface area contributed by atoms with Crippen molar-refractivity contribution in [1.29, 1.82) is 0 Å². The molecule has 2 rings (SSSR count). The summed E-state index contributed by atoms with van der Waals surface area (Å²) in [6, 6.07) is 6.67. The van der Waals surface area contributed by atoms with E-state index in [1.54, 1.807) is 6.20 Å². The van der Waals surface area contributed by atoms with Gasteiger partial charge in [-0.1, -0.05) is 19.9 Å². The number of nitrogens with one attached hydrogen (secondary N) is 1. The molecule has 4 N–H and O–H groups in total. The molecule has 2 heterocycles. The zero-order valence-corrected chi connectivity index (χ0v) is 12.0. The number of carboxylic acid groups (broad SMARTS) is 1. The fourth-order valence-corrected chi connectivity index (χ4v) is 1.75. The van der Waals surface area contributed by atoms with Crippen LogP contribution < -0.4 is 11.1 Å². The van der Waals surface area contributed by atoms with Gasteiger partial charge in [-0.05, 0) is 23.8 Å². The topological polar surface area (TPSA) is 101 Å². The summed E-state index contributed by atoms with van der Waals surface area (Å²) >= 11 is 0. The summed E-state index contributed by atoms with van der Waals surface area (Å²) in [5.41, 5.74) is 6.82. The van der Waals surface area contributed by atoms with Crippen LogP contribution in [0.4, 0.5) is 11.6 Å². The Morgan fingerprint density at radius 3 is 2.62 bits per heavy atom. The summed E-state index contributed by atoms with van der Waals surface area (Å²) in [5.74, 6) is 0.0447. The number of nitrogens with two attached hydrogens (primary N) is 1. The molecule has 0 saturated heterocycles. The second-order valence-electron chi connectivity index (χ2n) is 5.38. The third-order valence-electron chi connectivity index (χ3n) is 3.32. The van der Waals surface area contributed by atoms with Crippen molar-refractivity contribution >= 4 is 17.6 Å². The van der Waals surface area contributed by atoms with Gasteiger partial charge in [0.2, 0.25) is 0 Å². The standard InChI is InChI=1S/C15H18N4O2/c1-15(2,9-16)11-3-4-12(18-8-11)19-13-7-10(14(20)21)5-6-17-13/h3-8H,9,16H2,1-2H3,(H,20,21)(H,17,18,19). The van der Waals surface area contributed by atoms with E-state index in [9.17, 15) is 4.79 Å².